The quantitative estimate of drug-likeness (QED) is 0.451. The zero-order valence-electron chi connectivity index (χ0n) is 19.7. The van der Waals surface area contributed by atoms with Crippen molar-refractivity contribution in [3.8, 4) is 11.5 Å². The molecule has 1 saturated heterocycles. The molecule has 34 heavy (non-hydrogen) atoms. The molecule has 1 fully saturated rings. The fraction of sp³-hybridized carbons (Fsp3) is 0.346. The Morgan fingerprint density at radius 1 is 1.03 bits per heavy atom. The molecule has 0 saturated carbocycles. The lowest BCUT2D eigenvalue weighted by molar-refractivity contribution is -0.149. The molecule has 0 bridgehead atoms. The number of rotatable bonds is 9. The molecule has 0 radical (unpaired) electrons. The Labute approximate surface area is 199 Å². The molecule has 1 heterocycles. The standard InChI is InChI=1S/C26H30N2O6/c1-32-22-12-9-19(15-23(22)33-2)11-14-25(30)28-17-20(16-21(28)26(31)34-3)27-24(29)13-10-18-7-5-4-6-8-18/h4-9,11-12,14-15,20-21H,10,13,16-17H2,1-3H3,(H,27,29)/b14-11+/t20-,21-/m0/s1. The topological polar surface area (TPSA) is 94.2 Å². The van der Waals surface area contributed by atoms with E-state index in [0.29, 0.717) is 30.8 Å². The molecule has 0 aliphatic carbocycles. The first-order valence-corrected chi connectivity index (χ1v) is 11.1. The van der Waals surface area contributed by atoms with Crippen molar-refractivity contribution in [2.24, 2.45) is 0 Å². The number of amides is 2. The molecule has 8 heteroatoms. The van der Waals surface area contributed by atoms with E-state index in [0.717, 1.165) is 11.1 Å². The van der Waals surface area contributed by atoms with E-state index in [2.05, 4.69) is 5.32 Å². The van der Waals surface area contributed by atoms with Crippen molar-refractivity contribution in [2.45, 2.75) is 31.3 Å². The van der Waals surface area contributed by atoms with Crippen LogP contribution in [0.4, 0.5) is 0 Å². The van der Waals surface area contributed by atoms with Gasteiger partial charge in [0.05, 0.1) is 21.3 Å². The number of nitrogens with zero attached hydrogens (tertiary/aromatic N) is 1. The summed E-state index contributed by atoms with van der Waals surface area (Å²) in [4.78, 5) is 39.1. The predicted molar refractivity (Wildman–Crippen MR) is 127 cm³/mol. The van der Waals surface area contributed by atoms with Crippen LogP contribution in [0, 0.1) is 0 Å². The number of hydrogen-bond acceptors (Lipinski definition) is 6. The van der Waals surface area contributed by atoms with Crippen molar-refractivity contribution >= 4 is 23.9 Å². The molecular weight excluding hydrogens is 436 g/mol. The van der Waals surface area contributed by atoms with Crippen LogP contribution >= 0.6 is 0 Å². The maximum Gasteiger partial charge on any atom is 0.328 e. The van der Waals surface area contributed by atoms with Crippen LogP contribution in [0.5, 0.6) is 11.5 Å². The minimum absolute atomic E-state index is 0.118. The van der Waals surface area contributed by atoms with Gasteiger partial charge in [0.2, 0.25) is 11.8 Å². The summed E-state index contributed by atoms with van der Waals surface area (Å²) in [5.74, 6) is 0.166. The van der Waals surface area contributed by atoms with Crippen LogP contribution < -0.4 is 14.8 Å². The summed E-state index contributed by atoms with van der Waals surface area (Å²) in [6.07, 6.45) is 4.30. The summed E-state index contributed by atoms with van der Waals surface area (Å²) in [6.45, 7) is 0.228. The number of aryl methyl sites for hydroxylation is 1. The Balaban J connectivity index is 1.63. The average molecular weight is 467 g/mol. The van der Waals surface area contributed by atoms with Gasteiger partial charge < -0.3 is 24.4 Å². The van der Waals surface area contributed by atoms with Gasteiger partial charge in [-0.2, -0.15) is 0 Å². The van der Waals surface area contributed by atoms with E-state index in [1.54, 1.807) is 31.4 Å². The first-order valence-electron chi connectivity index (χ1n) is 11.1. The molecule has 180 valence electrons. The second-order valence-corrected chi connectivity index (χ2v) is 7.96. The van der Waals surface area contributed by atoms with Gasteiger partial charge in [-0.1, -0.05) is 36.4 Å². The maximum atomic E-state index is 12.9. The average Bonchev–Trinajstić information content (AvgIpc) is 3.29. The fourth-order valence-electron chi connectivity index (χ4n) is 3.97. The Morgan fingerprint density at radius 3 is 2.44 bits per heavy atom. The second kappa shape index (κ2) is 11.9. The third-order valence-corrected chi connectivity index (χ3v) is 5.73. The minimum atomic E-state index is -0.757. The van der Waals surface area contributed by atoms with E-state index in [1.165, 1.54) is 25.2 Å². The lowest BCUT2D eigenvalue weighted by Gasteiger charge is -2.20. The van der Waals surface area contributed by atoms with Gasteiger partial charge in [0.15, 0.2) is 11.5 Å². The molecule has 2 aromatic rings. The number of likely N-dealkylation sites (tertiary alicyclic amines) is 1. The molecule has 1 aliphatic heterocycles. The molecule has 0 aromatic heterocycles. The molecule has 0 unspecified atom stereocenters. The second-order valence-electron chi connectivity index (χ2n) is 7.96. The third-order valence-electron chi connectivity index (χ3n) is 5.73. The van der Waals surface area contributed by atoms with Crippen molar-refractivity contribution in [3.63, 3.8) is 0 Å². The van der Waals surface area contributed by atoms with Gasteiger partial charge in [-0.3, -0.25) is 9.59 Å². The number of methoxy groups -OCH3 is 3. The number of benzene rings is 2. The Hall–Kier alpha value is -3.81. The normalized spacial score (nSPS) is 17.4. The van der Waals surface area contributed by atoms with E-state index >= 15 is 0 Å². The zero-order valence-corrected chi connectivity index (χ0v) is 19.7. The van der Waals surface area contributed by atoms with Crippen LogP contribution in [0.25, 0.3) is 6.08 Å². The summed E-state index contributed by atoms with van der Waals surface area (Å²) in [7, 11) is 4.38. The molecule has 3 rings (SSSR count). The Morgan fingerprint density at radius 2 is 1.76 bits per heavy atom. The van der Waals surface area contributed by atoms with Crippen molar-refractivity contribution in [2.75, 3.05) is 27.9 Å². The first-order chi connectivity index (χ1) is 16.4. The molecule has 2 amide bonds. The first kappa shape index (κ1) is 24.8. The highest BCUT2D eigenvalue weighted by Gasteiger charge is 2.40. The minimum Gasteiger partial charge on any atom is -0.493 e. The van der Waals surface area contributed by atoms with Gasteiger partial charge >= 0.3 is 5.97 Å². The zero-order chi connectivity index (χ0) is 24.5. The van der Waals surface area contributed by atoms with Crippen LogP contribution in [0.3, 0.4) is 0 Å². The Bertz CT molecular complexity index is 1040. The summed E-state index contributed by atoms with van der Waals surface area (Å²) < 4.78 is 15.4. The van der Waals surface area contributed by atoms with Crippen molar-refractivity contribution in [1.29, 1.82) is 0 Å². The van der Waals surface area contributed by atoms with Gasteiger partial charge in [0.1, 0.15) is 6.04 Å². The van der Waals surface area contributed by atoms with E-state index < -0.39 is 12.0 Å². The molecule has 8 nitrogen and oxygen atoms in total. The van der Waals surface area contributed by atoms with Gasteiger partial charge in [0.25, 0.3) is 0 Å². The highest BCUT2D eigenvalue weighted by molar-refractivity contribution is 5.95. The number of nitrogens with one attached hydrogen (secondary N) is 1. The highest BCUT2D eigenvalue weighted by Crippen LogP contribution is 2.28. The summed E-state index contributed by atoms with van der Waals surface area (Å²) in [5.41, 5.74) is 1.82. The van der Waals surface area contributed by atoms with Crippen LogP contribution in [0.1, 0.15) is 24.0 Å². The molecule has 2 aromatic carbocycles. The number of hydrogen-bond donors (Lipinski definition) is 1. The number of carbonyl (C=O) groups is 3. The lowest BCUT2D eigenvalue weighted by Crippen LogP contribution is -2.41. The predicted octanol–water partition coefficient (Wildman–Crippen LogP) is 2.61. The highest BCUT2D eigenvalue weighted by atomic mass is 16.5. The van der Waals surface area contributed by atoms with Crippen molar-refractivity contribution in [3.05, 3.63) is 65.7 Å². The van der Waals surface area contributed by atoms with Crippen LogP contribution in [-0.2, 0) is 25.5 Å². The molecule has 1 N–H and O–H groups in total. The third kappa shape index (κ3) is 6.37. The monoisotopic (exact) mass is 466 g/mol. The largest absolute Gasteiger partial charge is 0.493 e. The van der Waals surface area contributed by atoms with Crippen LogP contribution in [0.15, 0.2) is 54.6 Å². The smallest absolute Gasteiger partial charge is 0.328 e. The van der Waals surface area contributed by atoms with E-state index in [4.69, 9.17) is 14.2 Å². The van der Waals surface area contributed by atoms with E-state index in [-0.39, 0.29) is 24.4 Å². The molecular formula is C26H30N2O6. The fourth-order valence-corrected chi connectivity index (χ4v) is 3.97. The Kier molecular flexibility index (Phi) is 8.67. The van der Waals surface area contributed by atoms with Crippen molar-refractivity contribution < 1.29 is 28.6 Å². The number of ether oxygens (including phenoxy) is 3. The maximum absolute atomic E-state index is 12.9. The number of carbonyl (C=O) groups excluding carboxylic acids is 3. The van der Waals surface area contributed by atoms with Crippen LogP contribution in [0.2, 0.25) is 0 Å². The summed E-state index contributed by atoms with van der Waals surface area (Å²) >= 11 is 0. The van der Waals surface area contributed by atoms with Gasteiger partial charge in [0, 0.05) is 31.5 Å². The van der Waals surface area contributed by atoms with E-state index in [1.807, 2.05) is 30.3 Å². The molecule has 1 aliphatic rings. The lowest BCUT2D eigenvalue weighted by atomic mass is 10.1. The summed E-state index contributed by atoms with van der Waals surface area (Å²) in [5, 5.41) is 2.95. The van der Waals surface area contributed by atoms with Gasteiger partial charge in [-0.05, 0) is 35.8 Å². The SMILES string of the molecule is COC(=O)[C@@H]1C[C@H](NC(=O)CCc2ccccc2)CN1C(=O)/C=C/c1ccc(OC)c(OC)c1. The van der Waals surface area contributed by atoms with Gasteiger partial charge in [-0.25, -0.2) is 4.79 Å². The van der Waals surface area contributed by atoms with Crippen molar-refractivity contribution in [1.82, 2.24) is 10.2 Å². The number of esters is 1. The molecule has 2 atom stereocenters. The summed E-state index contributed by atoms with van der Waals surface area (Å²) in [6, 6.07) is 14.0. The van der Waals surface area contributed by atoms with E-state index in [9.17, 15) is 14.4 Å². The molecule has 0 spiro atoms. The van der Waals surface area contributed by atoms with Crippen LogP contribution in [-0.4, -0.2) is 62.6 Å². The van der Waals surface area contributed by atoms with Gasteiger partial charge in [-0.15, -0.1) is 0 Å².